The van der Waals surface area contributed by atoms with Crippen LogP contribution in [-0.2, 0) is 7.05 Å². The number of hydrogen-bond acceptors (Lipinski definition) is 5. The molecule has 0 saturated heterocycles. The maximum absolute atomic E-state index is 14.8. The smallest absolute Gasteiger partial charge is 0.261 e. The molecule has 0 atom stereocenters. The molecule has 5 rings (SSSR count). The molecule has 190 valence electrons. The van der Waals surface area contributed by atoms with E-state index in [-0.39, 0.29) is 16.9 Å². The maximum Gasteiger partial charge on any atom is 0.261 e. The van der Waals surface area contributed by atoms with Crippen LogP contribution in [-0.4, -0.2) is 25.7 Å². The molecule has 0 radical (unpaired) electrons. The number of anilines is 1. The first-order valence-corrected chi connectivity index (χ1v) is 11.2. The SMILES string of the molecule is Cn1cc(-c2cc(Oc3cc(F)c(NC(=O)c4c[nH]cc(-c5ccc(F)cc5)c4=O)cc3F)ccn2)cn1. The molecule has 0 aliphatic carbocycles. The Kier molecular flexibility index (Phi) is 6.48. The number of amides is 1. The Bertz CT molecular complexity index is 1710. The number of carbonyl (C=O) groups excluding carboxylic acids is 1. The summed E-state index contributed by atoms with van der Waals surface area (Å²) in [7, 11) is 1.75. The third-order valence-corrected chi connectivity index (χ3v) is 5.57. The minimum atomic E-state index is -0.984. The largest absolute Gasteiger partial charge is 0.454 e. The van der Waals surface area contributed by atoms with Crippen molar-refractivity contribution in [2.45, 2.75) is 0 Å². The number of carbonyl (C=O) groups is 1. The summed E-state index contributed by atoms with van der Waals surface area (Å²) in [6.07, 6.45) is 7.30. The molecule has 0 unspecified atom stereocenters. The summed E-state index contributed by atoms with van der Waals surface area (Å²) >= 11 is 0. The summed E-state index contributed by atoms with van der Waals surface area (Å²) in [6, 6.07) is 9.69. The van der Waals surface area contributed by atoms with Crippen molar-refractivity contribution in [2.75, 3.05) is 5.32 Å². The van der Waals surface area contributed by atoms with Crippen LogP contribution < -0.4 is 15.5 Å². The summed E-state index contributed by atoms with van der Waals surface area (Å²) in [5.41, 5.74) is 0.217. The molecule has 0 bridgehead atoms. The lowest BCUT2D eigenvalue weighted by molar-refractivity contribution is 0.102. The molecule has 38 heavy (non-hydrogen) atoms. The van der Waals surface area contributed by atoms with E-state index in [2.05, 4.69) is 20.4 Å². The van der Waals surface area contributed by atoms with Gasteiger partial charge in [0, 0.05) is 61.2 Å². The van der Waals surface area contributed by atoms with E-state index >= 15 is 0 Å². The number of H-pyrrole nitrogens is 1. The molecule has 0 spiro atoms. The van der Waals surface area contributed by atoms with Crippen molar-refractivity contribution in [1.82, 2.24) is 19.7 Å². The van der Waals surface area contributed by atoms with Gasteiger partial charge in [0.2, 0.25) is 5.43 Å². The average molecular weight is 517 g/mol. The Hall–Kier alpha value is -5.19. The summed E-state index contributed by atoms with van der Waals surface area (Å²) in [5.74, 6) is -3.59. The number of pyridine rings is 2. The first-order chi connectivity index (χ1) is 18.3. The Balaban J connectivity index is 1.37. The molecule has 11 heteroatoms. The van der Waals surface area contributed by atoms with Crippen LogP contribution in [0.25, 0.3) is 22.4 Å². The summed E-state index contributed by atoms with van der Waals surface area (Å²) in [6.45, 7) is 0. The van der Waals surface area contributed by atoms with Gasteiger partial charge in [0.15, 0.2) is 17.4 Å². The van der Waals surface area contributed by atoms with Gasteiger partial charge in [-0.15, -0.1) is 0 Å². The molecule has 0 aliphatic heterocycles. The zero-order chi connectivity index (χ0) is 26.8. The molecule has 0 saturated carbocycles. The second kappa shape index (κ2) is 10.1. The summed E-state index contributed by atoms with van der Waals surface area (Å²) in [4.78, 5) is 32.5. The number of nitrogens with one attached hydrogen (secondary N) is 2. The van der Waals surface area contributed by atoms with Crippen molar-refractivity contribution in [3.05, 3.63) is 113 Å². The van der Waals surface area contributed by atoms with E-state index in [0.29, 0.717) is 16.8 Å². The molecule has 1 amide bonds. The lowest BCUT2D eigenvalue weighted by Gasteiger charge is -2.11. The van der Waals surface area contributed by atoms with Crippen LogP contribution in [0.5, 0.6) is 11.5 Å². The van der Waals surface area contributed by atoms with Crippen molar-refractivity contribution in [2.24, 2.45) is 7.05 Å². The van der Waals surface area contributed by atoms with E-state index in [1.807, 2.05) is 0 Å². The van der Waals surface area contributed by atoms with Crippen molar-refractivity contribution >= 4 is 11.6 Å². The van der Waals surface area contributed by atoms with Gasteiger partial charge in [-0.05, 0) is 23.8 Å². The van der Waals surface area contributed by atoms with Gasteiger partial charge in [0.25, 0.3) is 5.91 Å². The minimum absolute atomic E-state index is 0.107. The number of rotatable bonds is 6. The van der Waals surface area contributed by atoms with Gasteiger partial charge in [0.1, 0.15) is 17.1 Å². The standard InChI is InChI=1S/C27H18F3N5O3/c1-35-14-16(11-33-35)23-8-18(6-7-32-23)38-25-10-21(29)24(9-22(25)30)34-27(37)20-13-31-12-19(26(20)36)15-2-4-17(28)5-3-15/h2-14H,1H3,(H,31,36)(H,34,37). The monoisotopic (exact) mass is 517 g/mol. The Labute approximate surface area is 213 Å². The van der Waals surface area contributed by atoms with Crippen molar-refractivity contribution in [3.8, 4) is 33.9 Å². The number of aromatic amines is 1. The number of benzene rings is 2. The second-order valence-corrected chi connectivity index (χ2v) is 8.22. The molecule has 2 aromatic carbocycles. The van der Waals surface area contributed by atoms with E-state index in [1.165, 1.54) is 42.7 Å². The van der Waals surface area contributed by atoms with E-state index in [4.69, 9.17) is 4.74 Å². The first kappa shape index (κ1) is 24.5. The molecule has 3 aromatic heterocycles. The fourth-order valence-electron chi connectivity index (χ4n) is 3.70. The molecule has 8 nitrogen and oxygen atoms in total. The lowest BCUT2D eigenvalue weighted by atomic mass is 10.0. The predicted molar refractivity (Wildman–Crippen MR) is 133 cm³/mol. The van der Waals surface area contributed by atoms with E-state index in [0.717, 1.165) is 18.3 Å². The Morgan fingerprint density at radius 2 is 1.79 bits per heavy atom. The van der Waals surface area contributed by atoms with Crippen LogP contribution >= 0.6 is 0 Å². The van der Waals surface area contributed by atoms with Gasteiger partial charge in [-0.3, -0.25) is 19.3 Å². The van der Waals surface area contributed by atoms with Crippen LogP contribution in [0, 0.1) is 17.5 Å². The molecule has 2 N–H and O–H groups in total. The maximum atomic E-state index is 14.8. The lowest BCUT2D eigenvalue weighted by Crippen LogP contribution is -2.23. The Morgan fingerprint density at radius 1 is 1.00 bits per heavy atom. The number of halogens is 3. The van der Waals surface area contributed by atoms with Crippen LogP contribution in [0.3, 0.4) is 0 Å². The van der Waals surface area contributed by atoms with Crippen molar-refractivity contribution in [1.29, 1.82) is 0 Å². The molecule has 0 aliphatic rings. The average Bonchev–Trinajstić information content (AvgIpc) is 3.34. The van der Waals surface area contributed by atoms with Crippen LogP contribution in [0.2, 0.25) is 0 Å². The van der Waals surface area contributed by atoms with E-state index in [9.17, 15) is 22.8 Å². The fourth-order valence-corrected chi connectivity index (χ4v) is 3.70. The molecular weight excluding hydrogens is 499 g/mol. The number of aryl methyl sites for hydroxylation is 1. The number of aromatic nitrogens is 4. The normalized spacial score (nSPS) is 10.8. The first-order valence-electron chi connectivity index (χ1n) is 11.2. The van der Waals surface area contributed by atoms with Gasteiger partial charge in [-0.2, -0.15) is 5.10 Å². The Morgan fingerprint density at radius 3 is 2.53 bits per heavy atom. The van der Waals surface area contributed by atoms with Crippen LogP contribution in [0.15, 0.2) is 84.3 Å². The highest BCUT2D eigenvalue weighted by Crippen LogP contribution is 2.31. The molecule has 5 aromatic rings. The number of hydrogen-bond donors (Lipinski definition) is 2. The zero-order valence-corrected chi connectivity index (χ0v) is 19.7. The van der Waals surface area contributed by atoms with Gasteiger partial charge < -0.3 is 15.0 Å². The topological polar surface area (TPSA) is 102 Å². The van der Waals surface area contributed by atoms with Crippen LogP contribution in [0.4, 0.5) is 18.9 Å². The number of ether oxygens (including phenoxy) is 1. The summed E-state index contributed by atoms with van der Waals surface area (Å²) < 4.78 is 50.0. The highest BCUT2D eigenvalue weighted by molar-refractivity contribution is 6.04. The van der Waals surface area contributed by atoms with Crippen molar-refractivity contribution in [3.63, 3.8) is 0 Å². The van der Waals surface area contributed by atoms with Crippen LogP contribution in [0.1, 0.15) is 10.4 Å². The quantitative estimate of drug-likeness (QED) is 0.318. The molecule has 0 fully saturated rings. The number of nitrogens with zero attached hydrogens (tertiary/aromatic N) is 3. The highest BCUT2D eigenvalue weighted by Gasteiger charge is 2.19. The predicted octanol–water partition coefficient (Wildman–Crippen LogP) is 5.30. The molecular formula is C27H18F3N5O3. The summed E-state index contributed by atoms with van der Waals surface area (Å²) in [5, 5.41) is 6.28. The van der Waals surface area contributed by atoms with Crippen molar-refractivity contribution < 1.29 is 22.7 Å². The highest BCUT2D eigenvalue weighted by atomic mass is 19.1. The van der Waals surface area contributed by atoms with Gasteiger partial charge in [0.05, 0.1) is 17.6 Å². The third-order valence-electron chi connectivity index (χ3n) is 5.57. The minimum Gasteiger partial charge on any atom is -0.454 e. The van der Waals surface area contributed by atoms with Gasteiger partial charge in [-0.1, -0.05) is 12.1 Å². The fraction of sp³-hybridized carbons (Fsp3) is 0.0370. The second-order valence-electron chi connectivity index (χ2n) is 8.22. The molecule has 3 heterocycles. The van der Waals surface area contributed by atoms with Gasteiger partial charge in [-0.25, -0.2) is 13.2 Å². The van der Waals surface area contributed by atoms with Gasteiger partial charge >= 0.3 is 0 Å². The van der Waals surface area contributed by atoms with E-state index in [1.54, 1.807) is 30.2 Å². The zero-order valence-electron chi connectivity index (χ0n) is 19.7. The van der Waals surface area contributed by atoms with E-state index < -0.39 is 40.2 Å². The third kappa shape index (κ3) is 5.03.